The van der Waals surface area contributed by atoms with Gasteiger partial charge in [-0.05, 0) is 34.1 Å². The molecule has 0 unspecified atom stereocenters. The molecule has 0 amide bonds. The van der Waals surface area contributed by atoms with Crippen LogP contribution in [0.25, 0.3) is 11.3 Å². The molecule has 0 spiro atoms. The summed E-state index contributed by atoms with van der Waals surface area (Å²) in [7, 11) is 0. The fraction of sp³-hybridized carbons (Fsp3) is 0. The number of carbonyl (C=O) groups is 1. The van der Waals surface area contributed by atoms with Crippen molar-refractivity contribution >= 4 is 21.9 Å². The summed E-state index contributed by atoms with van der Waals surface area (Å²) < 4.78 is 26.8. The Morgan fingerprint density at radius 3 is 2.65 bits per heavy atom. The fourth-order valence-electron chi connectivity index (χ4n) is 1.29. The SMILES string of the molecule is O=C(O)c1cc(-c2ccc(Br)c(F)c2F)n[nH]1. The highest BCUT2D eigenvalue weighted by Crippen LogP contribution is 2.27. The molecule has 0 saturated heterocycles. The minimum absolute atomic E-state index is 0.00672. The molecule has 2 aromatic rings. The maximum atomic E-state index is 13.6. The van der Waals surface area contributed by atoms with Crippen molar-refractivity contribution in [2.45, 2.75) is 0 Å². The Kier molecular flexibility index (Phi) is 2.93. The maximum Gasteiger partial charge on any atom is 0.353 e. The zero-order valence-electron chi connectivity index (χ0n) is 8.17. The third-order valence-electron chi connectivity index (χ3n) is 2.12. The number of nitrogens with one attached hydrogen (secondary N) is 1. The number of H-pyrrole nitrogens is 1. The molecular weight excluding hydrogens is 298 g/mol. The van der Waals surface area contributed by atoms with E-state index in [2.05, 4.69) is 26.1 Å². The van der Waals surface area contributed by atoms with E-state index in [-0.39, 0.29) is 21.4 Å². The van der Waals surface area contributed by atoms with Gasteiger partial charge in [0.15, 0.2) is 11.6 Å². The van der Waals surface area contributed by atoms with Crippen LogP contribution in [0.1, 0.15) is 10.5 Å². The predicted molar refractivity (Wildman–Crippen MR) is 58.6 cm³/mol. The molecule has 0 radical (unpaired) electrons. The fourth-order valence-corrected chi connectivity index (χ4v) is 1.60. The van der Waals surface area contributed by atoms with Gasteiger partial charge in [0.2, 0.25) is 0 Å². The summed E-state index contributed by atoms with van der Waals surface area (Å²) in [6, 6.07) is 3.77. The van der Waals surface area contributed by atoms with Crippen LogP contribution in [0.3, 0.4) is 0 Å². The van der Waals surface area contributed by atoms with Crippen molar-refractivity contribution in [2.75, 3.05) is 0 Å². The van der Waals surface area contributed by atoms with Crippen LogP contribution in [-0.2, 0) is 0 Å². The van der Waals surface area contributed by atoms with Gasteiger partial charge in [0, 0.05) is 5.56 Å². The van der Waals surface area contributed by atoms with Gasteiger partial charge in [0.25, 0.3) is 0 Å². The summed E-state index contributed by atoms with van der Waals surface area (Å²) in [5.74, 6) is -3.34. The normalized spacial score (nSPS) is 10.5. The molecule has 0 bridgehead atoms. The monoisotopic (exact) mass is 302 g/mol. The van der Waals surface area contributed by atoms with Crippen LogP contribution in [0.5, 0.6) is 0 Å². The van der Waals surface area contributed by atoms with Crippen molar-refractivity contribution in [3.63, 3.8) is 0 Å². The van der Waals surface area contributed by atoms with Crippen molar-refractivity contribution in [1.29, 1.82) is 0 Å². The van der Waals surface area contributed by atoms with Gasteiger partial charge in [0.1, 0.15) is 5.69 Å². The number of halogens is 3. The smallest absolute Gasteiger partial charge is 0.353 e. The molecule has 4 nitrogen and oxygen atoms in total. The molecular formula is C10H5BrF2N2O2. The second-order valence-corrected chi connectivity index (χ2v) is 4.05. The third kappa shape index (κ3) is 2.05. The molecule has 0 aliphatic rings. The number of carboxylic acids is 1. The summed E-state index contributed by atoms with van der Waals surface area (Å²) in [6.07, 6.45) is 0. The van der Waals surface area contributed by atoms with Gasteiger partial charge in [-0.3, -0.25) is 5.10 Å². The first-order valence-corrected chi connectivity index (χ1v) is 5.22. The van der Waals surface area contributed by atoms with Crippen molar-refractivity contribution in [3.8, 4) is 11.3 Å². The molecule has 7 heteroatoms. The molecule has 1 heterocycles. The molecule has 2 rings (SSSR count). The molecule has 0 aliphatic heterocycles. The van der Waals surface area contributed by atoms with Crippen molar-refractivity contribution in [1.82, 2.24) is 10.2 Å². The average Bonchev–Trinajstić information content (AvgIpc) is 2.75. The van der Waals surface area contributed by atoms with E-state index in [0.717, 1.165) is 6.07 Å². The van der Waals surface area contributed by atoms with Crippen LogP contribution < -0.4 is 0 Å². The minimum Gasteiger partial charge on any atom is -0.477 e. The lowest BCUT2D eigenvalue weighted by molar-refractivity contribution is 0.0690. The third-order valence-corrected chi connectivity index (χ3v) is 2.73. The summed E-state index contributed by atoms with van der Waals surface area (Å²) in [5.41, 5.74) is -0.261. The average molecular weight is 303 g/mol. The number of aromatic amines is 1. The molecule has 0 aliphatic carbocycles. The highest BCUT2D eigenvalue weighted by atomic mass is 79.9. The molecule has 2 N–H and O–H groups in total. The van der Waals surface area contributed by atoms with Crippen LogP contribution in [0.2, 0.25) is 0 Å². The lowest BCUT2D eigenvalue weighted by atomic mass is 10.1. The first-order valence-electron chi connectivity index (χ1n) is 4.43. The predicted octanol–water partition coefficient (Wildman–Crippen LogP) is 2.82. The summed E-state index contributed by atoms with van der Waals surface area (Å²) in [4.78, 5) is 10.6. The Bertz CT molecular complexity index is 598. The van der Waals surface area contributed by atoms with Crippen LogP contribution >= 0.6 is 15.9 Å². The van der Waals surface area contributed by atoms with Crippen LogP contribution in [-0.4, -0.2) is 21.3 Å². The number of aromatic nitrogens is 2. The van der Waals surface area contributed by atoms with Crippen LogP contribution in [0.15, 0.2) is 22.7 Å². The molecule has 88 valence electrons. The molecule has 0 fully saturated rings. The zero-order valence-corrected chi connectivity index (χ0v) is 9.75. The lowest BCUT2D eigenvalue weighted by Gasteiger charge is -2.01. The van der Waals surface area contributed by atoms with E-state index in [0.29, 0.717) is 0 Å². The number of hydrogen-bond donors (Lipinski definition) is 2. The molecule has 0 saturated carbocycles. The van der Waals surface area contributed by atoms with Gasteiger partial charge >= 0.3 is 5.97 Å². The Labute approximate surface area is 102 Å². The quantitative estimate of drug-likeness (QED) is 0.838. The van der Waals surface area contributed by atoms with Gasteiger partial charge in [-0.1, -0.05) is 0 Å². The molecule has 1 aromatic carbocycles. The second kappa shape index (κ2) is 4.25. The van der Waals surface area contributed by atoms with E-state index >= 15 is 0 Å². The second-order valence-electron chi connectivity index (χ2n) is 3.19. The summed E-state index contributed by atoms with van der Waals surface area (Å²) in [5, 5.41) is 14.5. The van der Waals surface area contributed by atoms with Gasteiger partial charge < -0.3 is 5.11 Å². The Hall–Kier alpha value is -1.76. The molecule has 0 atom stereocenters. The topological polar surface area (TPSA) is 66.0 Å². The van der Waals surface area contributed by atoms with Crippen LogP contribution in [0.4, 0.5) is 8.78 Å². The van der Waals surface area contributed by atoms with E-state index in [9.17, 15) is 13.6 Å². The number of benzene rings is 1. The van der Waals surface area contributed by atoms with Crippen LogP contribution in [0, 0.1) is 11.6 Å². The van der Waals surface area contributed by atoms with E-state index in [1.165, 1.54) is 12.1 Å². The summed E-state index contributed by atoms with van der Waals surface area (Å²) in [6.45, 7) is 0. The lowest BCUT2D eigenvalue weighted by Crippen LogP contribution is -1.95. The Balaban J connectivity index is 2.53. The highest BCUT2D eigenvalue weighted by Gasteiger charge is 2.16. The standard InChI is InChI=1S/C10H5BrF2N2O2/c11-5-2-1-4(8(12)9(5)13)6-3-7(10(16)17)15-14-6/h1-3H,(H,14,15)(H,16,17). The molecule has 1 aromatic heterocycles. The number of hydrogen-bond acceptors (Lipinski definition) is 2. The summed E-state index contributed by atoms with van der Waals surface area (Å²) >= 11 is 2.84. The van der Waals surface area contributed by atoms with Gasteiger partial charge in [-0.15, -0.1) is 0 Å². The number of rotatable bonds is 2. The van der Waals surface area contributed by atoms with E-state index in [4.69, 9.17) is 5.11 Å². The zero-order chi connectivity index (χ0) is 12.6. The van der Waals surface area contributed by atoms with Gasteiger partial charge in [0.05, 0.1) is 10.2 Å². The van der Waals surface area contributed by atoms with Gasteiger partial charge in [-0.2, -0.15) is 5.10 Å². The highest BCUT2D eigenvalue weighted by molar-refractivity contribution is 9.10. The van der Waals surface area contributed by atoms with E-state index in [1.807, 2.05) is 0 Å². The van der Waals surface area contributed by atoms with Crippen molar-refractivity contribution < 1.29 is 18.7 Å². The Morgan fingerprint density at radius 1 is 1.35 bits per heavy atom. The van der Waals surface area contributed by atoms with E-state index < -0.39 is 17.6 Å². The number of carboxylic acid groups (broad SMARTS) is 1. The number of aromatic carboxylic acids is 1. The van der Waals surface area contributed by atoms with Crippen molar-refractivity contribution in [2.24, 2.45) is 0 Å². The van der Waals surface area contributed by atoms with E-state index in [1.54, 1.807) is 0 Å². The maximum absolute atomic E-state index is 13.6. The molecule has 17 heavy (non-hydrogen) atoms. The van der Waals surface area contributed by atoms with Gasteiger partial charge in [-0.25, -0.2) is 13.6 Å². The Morgan fingerprint density at radius 2 is 2.06 bits per heavy atom. The number of nitrogens with zero attached hydrogens (tertiary/aromatic N) is 1. The minimum atomic E-state index is -1.22. The first-order chi connectivity index (χ1) is 8.00. The first kappa shape index (κ1) is 11.7. The van der Waals surface area contributed by atoms with Crippen molar-refractivity contribution in [3.05, 3.63) is 40.0 Å². The largest absolute Gasteiger partial charge is 0.477 e.